The second-order valence-electron chi connectivity index (χ2n) is 6.96. The van der Waals surface area contributed by atoms with E-state index in [-0.39, 0.29) is 24.2 Å². The third kappa shape index (κ3) is 4.35. The van der Waals surface area contributed by atoms with Gasteiger partial charge in [0, 0.05) is 23.5 Å². The van der Waals surface area contributed by atoms with Crippen LogP contribution >= 0.6 is 11.3 Å². The van der Waals surface area contributed by atoms with E-state index in [9.17, 15) is 9.59 Å². The molecule has 7 heteroatoms. The van der Waals surface area contributed by atoms with Gasteiger partial charge in [0.1, 0.15) is 11.5 Å². The van der Waals surface area contributed by atoms with E-state index in [1.54, 1.807) is 34.5 Å². The predicted octanol–water partition coefficient (Wildman–Crippen LogP) is 3.93. The minimum atomic E-state index is -0.375. The molecule has 0 bridgehead atoms. The lowest BCUT2D eigenvalue weighted by molar-refractivity contribution is -0.137. The second-order valence-corrected chi connectivity index (χ2v) is 7.99. The maximum atomic E-state index is 13.3. The minimum absolute atomic E-state index is 0.0286. The molecule has 1 saturated heterocycles. The number of anilines is 1. The number of hydrogen-bond acceptors (Lipinski definition) is 5. The van der Waals surface area contributed by atoms with Crippen LogP contribution in [0.15, 0.2) is 64.6 Å². The molecule has 29 heavy (non-hydrogen) atoms. The van der Waals surface area contributed by atoms with Gasteiger partial charge in [-0.1, -0.05) is 6.07 Å². The van der Waals surface area contributed by atoms with Crippen LogP contribution in [0.25, 0.3) is 0 Å². The number of carbonyl (C=O) groups is 2. The van der Waals surface area contributed by atoms with Crippen LogP contribution < -0.4 is 9.64 Å². The van der Waals surface area contributed by atoms with Crippen molar-refractivity contribution in [2.45, 2.75) is 19.5 Å². The molecule has 3 aromatic rings. The molecule has 2 amide bonds. The number of methoxy groups -OCH3 is 1. The van der Waals surface area contributed by atoms with Gasteiger partial charge in [0.25, 0.3) is 0 Å². The summed E-state index contributed by atoms with van der Waals surface area (Å²) in [6.45, 7) is 1.27. The standard InChI is InChI=1S/C22H22N2O4S/c1-27-18-8-6-17(7-9-18)24-13-16(12-21(24)25)22(26)23(14-19-4-2-10-28-19)15-20-5-3-11-29-20/h2-11,16H,12-15H2,1H3. The maximum Gasteiger partial charge on any atom is 0.228 e. The van der Waals surface area contributed by atoms with Crippen molar-refractivity contribution < 1.29 is 18.7 Å². The summed E-state index contributed by atoms with van der Waals surface area (Å²) in [5.74, 6) is 1.01. The summed E-state index contributed by atoms with van der Waals surface area (Å²) < 4.78 is 10.6. The fraction of sp³-hybridized carbons (Fsp3) is 0.273. The molecule has 0 spiro atoms. The highest BCUT2D eigenvalue weighted by molar-refractivity contribution is 7.09. The van der Waals surface area contributed by atoms with Gasteiger partial charge in [0.15, 0.2) is 0 Å². The Balaban J connectivity index is 1.50. The topological polar surface area (TPSA) is 63.0 Å². The third-order valence-electron chi connectivity index (χ3n) is 5.02. The number of rotatable bonds is 7. The molecule has 1 aliphatic heterocycles. The molecular formula is C22H22N2O4S. The van der Waals surface area contributed by atoms with Crippen molar-refractivity contribution in [2.75, 3.05) is 18.6 Å². The van der Waals surface area contributed by atoms with Crippen molar-refractivity contribution in [3.63, 3.8) is 0 Å². The molecule has 1 aromatic carbocycles. The fourth-order valence-electron chi connectivity index (χ4n) is 3.54. The monoisotopic (exact) mass is 410 g/mol. The molecule has 1 aliphatic rings. The van der Waals surface area contributed by atoms with E-state index < -0.39 is 0 Å². The molecular weight excluding hydrogens is 388 g/mol. The highest BCUT2D eigenvalue weighted by atomic mass is 32.1. The summed E-state index contributed by atoms with van der Waals surface area (Å²) in [5.41, 5.74) is 0.780. The van der Waals surface area contributed by atoms with E-state index in [4.69, 9.17) is 9.15 Å². The summed E-state index contributed by atoms with van der Waals surface area (Å²) in [5, 5.41) is 2.00. The van der Waals surface area contributed by atoms with Crippen molar-refractivity contribution >= 4 is 28.8 Å². The summed E-state index contributed by atoms with van der Waals surface area (Å²) in [4.78, 5) is 30.5. The van der Waals surface area contributed by atoms with E-state index in [1.165, 1.54) is 0 Å². The van der Waals surface area contributed by atoms with Gasteiger partial charge in [-0.25, -0.2) is 0 Å². The lowest BCUT2D eigenvalue weighted by Gasteiger charge is -2.24. The smallest absolute Gasteiger partial charge is 0.228 e. The molecule has 0 saturated carbocycles. The minimum Gasteiger partial charge on any atom is -0.497 e. The maximum absolute atomic E-state index is 13.3. The Morgan fingerprint density at radius 3 is 2.69 bits per heavy atom. The van der Waals surface area contributed by atoms with E-state index in [1.807, 2.05) is 53.9 Å². The van der Waals surface area contributed by atoms with Crippen LogP contribution in [-0.2, 0) is 22.7 Å². The Labute approximate surface area is 173 Å². The van der Waals surface area contributed by atoms with Crippen LogP contribution in [0.4, 0.5) is 5.69 Å². The third-order valence-corrected chi connectivity index (χ3v) is 5.88. The predicted molar refractivity (Wildman–Crippen MR) is 111 cm³/mol. The normalized spacial score (nSPS) is 16.2. The first-order chi connectivity index (χ1) is 14.1. The number of benzene rings is 1. The number of thiophene rings is 1. The SMILES string of the molecule is COc1ccc(N2CC(C(=O)N(Cc3ccco3)Cc3cccs3)CC2=O)cc1. The molecule has 0 radical (unpaired) electrons. The van der Waals surface area contributed by atoms with Gasteiger partial charge >= 0.3 is 0 Å². The highest BCUT2D eigenvalue weighted by Gasteiger charge is 2.37. The Morgan fingerprint density at radius 2 is 2.03 bits per heavy atom. The zero-order chi connectivity index (χ0) is 20.2. The first kappa shape index (κ1) is 19.3. The summed E-state index contributed by atoms with van der Waals surface area (Å²) in [7, 11) is 1.60. The summed E-state index contributed by atoms with van der Waals surface area (Å²) in [6.07, 6.45) is 1.82. The molecule has 1 atom stereocenters. The molecule has 2 aromatic heterocycles. The van der Waals surface area contributed by atoms with Gasteiger partial charge in [-0.15, -0.1) is 11.3 Å². The van der Waals surface area contributed by atoms with Crippen molar-refractivity contribution in [3.05, 3.63) is 70.8 Å². The van der Waals surface area contributed by atoms with Crippen LogP contribution in [0.5, 0.6) is 5.75 Å². The van der Waals surface area contributed by atoms with E-state index in [2.05, 4.69) is 0 Å². The Bertz CT molecular complexity index is 915. The number of nitrogens with zero attached hydrogens (tertiary/aromatic N) is 2. The molecule has 6 nitrogen and oxygen atoms in total. The molecule has 0 aliphatic carbocycles. The zero-order valence-electron chi connectivity index (χ0n) is 16.1. The van der Waals surface area contributed by atoms with Gasteiger partial charge in [-0.2, -0.15) is 0 Å². The van der Waals surface area contributed by atoms with E-state index in [0.29, 0.717) is 19.6 Å². The average molecular weight is 410 g/mol. The number of furan rings is 1. The van der Waals surface area contributed by atoms with Gasteiger partial charge in [0.05, 0.1) is 32.4 Å². The van der Waals surface area contributed by atoms with E-state index >= 15 is 0 Å². The zero-order valence-corrected chi connectivity index (χ0v) is 16.9. The Kier molecular flexibility index (Phi) is 5.67. The van der Waals surface area contributed by atoms with Crippen molar-refractivity contribution in [3.8, 4) is 5.75 Å². The number of amides is 2. The van der Waals surface area contributed by atoms with Crippen molar-refractivity contribution in [2.24, 2.45) is 5.92 Å². The second kappa shape index (κ2) is 8.53. The van der Waals surface area contributed by atoms with Crippen LogP contribution in [0, 0.1) is 5.92 Å². The highest BCUT2D eigenvalue weighted by Crippen LogP contribution is 2.29. The lowest BCUT2D eigenvalue weighted by Crippen LogP contribution is -2.36. The van der Waals surface area contributed by atoms with Gasteiger partial charge in [-0.05, 0) is 47.8 Å². The van der Waals surface area contributed by atoms with Gasteiger partial charge in [0.2, 0.25) is 11.8 Å². The molecule has 0 N–H and O–H groups in total. The van der Waals surface area contributed by atoms with Crippen LogP contribution in [0.3, 0.4) is 0 Å². The number of carbonyl (C=O) groups excluding carboxylic acids is 2. The molecule has 1 fully saturated rings. The Hall–Kier alpha value is -3.06. The fourth-order valence-corrected chi connectivity index (χ4v) is 4.26. The van der Waals surface area contributed by atoms with Crippen molar-refractivity contribution in [1.82, 2.24) is 4.90 Å². The molecule has 1 unspecified atom stereocenters. The Morgan fingerprint density at radius 1 is 1.21 bits per heavy atom. The molecule has 4 rings (SSSR count). The summed E-state index contributed by atoms with van der Waals surface area (Å²) >= 11 is 1.61. The van der Waals surface area contributed by atoms with Gasteiger partial charge in [-0.3, -0.25) is 9.59 Å². The first-order valence-electron chi connectivity index (χ1n) is 9.42. The molecule has 150 valence electrons. The molecule has 3 heterocycles. The van der Waals surface area contributed by atoms with Crippen molar-refractivity contribution in [1.29, 1.82) is 0 Å². The van der Waals surface area contributed by atoms with E-state index in [0.717, 1.165) is 22.1 Å². The lowest BCUT2D eigenvalue weighted by atomic mass is 10.1. The largest absolute Gasteiger partial charge is 0.497 e. The number of ether oxygens (including phenoxy) is 1. The summed E-state index contributed by atoms with van der Waals surface area (Å²) in [6, 6.07) is 15.0. The average Bonchev–Trinajstić information content (AvgIpc) is 3.50. The first-order valence-corrected chi connectivity index (χ1v) is 10.3. The van der Waals surface area contributed by atoms with Crippen LogP contribution in [0.2, 0.25) is 0 Å². The van der Waals surface area contributed by atoms with Crippen LogP contribution in [0.1, 0.15) is 17.1 Å². The quantitative estimate of drug-likeness (QED) is 0.592. The van der Waals surface area contributed by atoms with Gasteiger partial charge < -0.3 is 19.0 Å². The number of hydrogen-bond donors (Lipinski definition) is 0. The van der Waals surface area contributed by atoms with Crippen LogP contribution in [-0.4, -0.2) is 30.4 Å².